The van der Waals surface area contributed by atoms with Gasteiger partial charge < -0.3 is 29.6 Å². The molecule has 0 aliphatic heterocycles. The van der Waals surface area contributed by atoms with Crippen molar-refractivity contribution in [3.63, 3.8) is 0 Å². The van der Waals surface area contributed by atoms with Crippen LogP contribution in [0.5, 0.6) is 17.2 Å². The third-order valence-corrected chi connectivity index (χ3v) is 4.32. The minimum Gasteiger partial charge on any atom is -0.497 e. The van der Waals surface area contributed by atoms with E-state index in [2.05, 4.69) is 17.6 Å². The van der Waals surface area contributed by atoms with Crippen LogP contribution in [0.25, 0.3) is 0 Å². The monoisotopic (exact) mass is 444 g/mol. The smallest absolute Gasteiger partial charge is 0.325 e. The van der Waals surface area contributed by atoms with Gasteiger partial charge in [0.2, 0.25) is 0 Å². The Bertz CT molecular complexity index is 913. The molecule has 2 N–H and O–H groups in total. The highest BCUT2D eigenvalue weighted by molar-refractivity contribution is 5.97. The van der Waals surface area contributed by atoms with Gasteiger partial charge in [0.1, 0.15) is 23.8 Å². The van der Waals surface area contributed by atoms with E-state index in [0.717, 1.165) is 12.8 Å². The van der Waals surface area contributed by atoms with Crippen LogP contribution in [0.1, 0.15) is 30.1 Å². The number of esters is 1. The van der Waals surface area contributed by atoms with Crippen molar-refractivity contribution in [2.45, 2.75) is 19.8 Å². The highest BCUT2D eigenvalue weighted by Crippen LogP contribution is 2.28. The number of ether oxygens (including phenoxy) is 4. The van der Waals surface area contributed by atoms with E-state index in [1.165, 1.54) is 14.2 Å². The van der Waals surface area contributed by atoms with Crippen LogP contribution in [0.2, 0.25) is 0 Å². The van der Waals surface area contributed by atoms with Crippen molar-refractivity contribution in [3.8, 4) is 17.2 Å². The lowest BCUT2D eigenvalue weighted by Gasteiger charge is -2.12. The normalized spacial score (nSPS) is 10.1. The summed E-state index contributed by atoms with van der Waals surface area (Å²) in [5.41, 5.74) is 0.787. The second-order valence-corrected chi connectivity index (χ2v) is 6.68. The van der Waals surface area contributed by atoms with E-state index in [1.807, 2.05) is 0 Å². The highest BCUT2D eigenvalue weighted by Gasteiger charge is 2.13. The molecule has 0 aliphatic carbocycles. The van der Waals surface area contributed by atoms with Gasteiger partial charge >= 0.3 is 5.97 Å². The lowest BCUT2D eigenvalue weighted by atomic mass is 10.2. The minimum absolute atomic E-state index is 0.368. The number of benzene rings is 2. The van der Waals surface area contributed by atoms with Crippen LogP contribution >= 0.6 is 0 Å². The molecule has 0 aromatic heterocycles. The van der Waals surface area contributed by atoms with Gasteiger partial charge in [0.25, 0.3) is 11.8 Å². The van der Waals surface area contributed by atoms with Gasteiger partial charge in [-0.25, -0.2) is 0 Å². The summed E-state index contributed by atoms with van der Waals surface area (Å²) in [5, 5.41) is 5.04. The molecule has 32 heavy (non-hydrogen) atoms. The average molecular weight is 444 g/mol. The van der Waals surface area contributed by atoms with Gasteiger partial charge in [-0.15, -0.1) is 0 Å². The van der Waals surface area contributed by atoms with Crippen LogP contribution in [-0.2, 0) is 14.3 Å². The van der Waals surface area contributed by atoms with Crippen LogP contribution in [0, 0.1) is 0 Å². The third kappa shape index (κ3) is 7.82. The molecule has 2 rings (SSSR count). The summed E-state index contributed by atoms with van der Waals surface area (Å²) in [6, 6.07) is 11.5. The van der Waals surface area contributed by atoms with Gasteiger partial charge in [-0.05, 0) is 42.8 Å². The number of rotatable bonds is 12. The number of methoxy groups -OCH3 is 2. The zero-order valence-corrected chi connectivity index (χ0v) is 18.4. The molecule has 2 aromatic carbocycles. The van der Waals surface area contributed by atoms with Crippen LogP contribution < -0.4 is 24.8 Å². The van der Waals surface area contributed by atoms with Crippen molar-refractivity contribution in [1.29, 1.82) is 0 Å². The summed E-state index contributed by atoms with van der Waals surface area (Å²) in [4.78, 5) is 36.1. The maximum absolute atomic E-state index is 12.2. The van der Waals surface area contributed by atoms with Crippen molar-refractivity contribution in [3.05, 3.63) is 48.0 Å². The van der Waals surface area contributed by atoms with E-state index in [1.54, 1.807) is 42.5 Å². The molecule has 9 nitrogen and oxygen atoms in total. The molecule has 0 radical (unpaired) electrons. The Labute approximate surface area is 187 Å². The third-order valence-electron chi connectivity index (χ3n) is 4.32. The van der Waals surface area contributed by atoms with Gasteiger partial charge in [-0.2, -0.15) is 0 Å². The number of hydrogen-bond acceptors (Lipinski definition) is 7. The largest absolute Gasteiger partial charge is 0.497 e. The Morgan fingerprint density at radius 1 is 0.938 bits per heavy atom. The van der Waals surface area contributed by atoms with Gasteiger partial charge in [0, 0.05) is 11.6 Å². The number of carbonyl (C=O) groups is 3. The number of unbranched alkanes of at least 4 members (excludes halogenated alkanes) is 1. The molecular weight excluding hydrogens is 416 g/mol. The summed E-state index contributed by atoms with van der Waals surface area (Å²) in [6.45, 7) is 1.82. The zero-order valence-electron chi connectivity index (χ0n) is 18.4. The fourth-order valence-electron chi connectivity index (χ4n) is 2.58. The fraction of sp³-hybridized carbons (Fsp3) is 0.348. The van der Waals surface area contributed by atoms with Gasteiger partial charge in [0.15, 0.2) is 6.61 Å². The fourth-order valence-corrected chi connectivity index (χ4v) is 2.58. The van der Waals surface area contributed by atoms with Crippen LogP contribution in [0.3, 0.4) is 0 Å². The first-order chi connectivity index (χ1) is 15.5. The van der Waals surface area contributed by atoms with Gasteiger partial charge in [-0.3, -0.25) is 14.4 Å². The van der Waals surface area contributed by atoms with E-state index in [4.69, 9.17) is 18.9 Å². The number of nitrogens with one attached hydrogen (secondary N) is 2. The molecule has 9 heteroatoms. The van der Waals surface area contributed by atoms with Crippen molar-refractivity contribution >= 4 is 23.5 Å². The first kappa shape index (κ1) is 24.5. The lowest BCUT2D eigenvalue weighted by molar-refractivity contribution is -0.146. The lowest BCUT2D eigenvalue weighted by Crippen LogP contribution is -2.32. The summed E-state index contributed by atoms with van der Waals surface area (Å²) in [5.74, 6) is -0.0799. The van der Waals surface area contributed by atoms with E-state index >= 15 is 0 Å². The number of anilines is 1. The molecular formula is C23H28N2O7. The highest BCUT2D eigenvalue weighted by atomic mass is 16.5. The van der Waals surface area contributed by atoms with Crippen LogP contribution in [0.15, 0.2) is 42.5 Å². The molecule has 0 spiro atoms. The second kappa shape index (κ2) is 12.8. The molecule has 0 heterocycles. The van der Waals surface area contributed by atoms with E-state index < -0.39 is 24.4 Å². The van der Waals surface area contributed by atoms with Crippen molar-refractivity contribution < 1.29 is 33.3 Å². The average Bonchev–Trinajstić information content (AvgIpc) is 2.82. The predicted molar refractivity (Wildman–Crippen MR) is 118 cm³/mol. The molecule has 0 atom stereocenters. The van der Waals surface area contributed by atoms with Crippen LogP contribution in [0.4, 0.5) is 5.69 Å². The Morgan fingerprint density at radius 2 is 1.66 bits per heavy atom. The van der Waals surface area contributed by atoms with Gasteiger partial charge in [0.05, 0.1) is 26.5 Å². The summed E-state index contributed by atoms with van der Waals surface area (Å²) >= 11 is 0. The van der Waals surface area contributed by atoms with Gasteiger partial charge in [-0.1, -0.05) is 13.3 Å². The SMILES string of the molecule is CCCCOc1ccc(C(=O)NCC(=O)OCC(=O)Nc2ccc(OC)cc2OC)cc1. The zero-order chi connectivity index (χ0) is 23.3. The molecule has 0 bridgehead atoms. The topological polar surface area (TPSA) is 112 Å². The second-order valence-electron chi connectivity index (χ2n) is 6.68. The molecule has 0 saturated heterocycles. The Balaban J connectivity index is 1.74. The Kier molecular flexibility index (Phi) is 9.83. The minimum atomic E-state index is -0.741. The molecule has 0 saturated carbocycles. The summed E-state index contributed by atoms with van der Waals surface area (Å²) in [7, 11) is 2.98. The van der Waals surface area contributed by atoms with E-state index in [0.29, 0.717) is 35.1 Å². The molecule has 2 amide bonds. The first-order valence-corrected chi connectivity index (χ1v) is 10.1. The molecule has 0 fully saturated rings. The maximum Gasteiger partial charge on any atom is 0.325 e. The first-order valence-electron chi connectivity index (χ1n) is 10.1. The molecule has 2 aromatic rings. The quantitative estimate of drug-likeness (QED) is 0.382. The molecule has 172 valence electrons. The maximum atomic E-state index is 12.2. The molecule has 0 aliphatic rings. The van der Waals surface area contributed by atoms with Crippen LogP contribution in [-0.4, -0.2) is 51.8 Å². The Morgan fingerprint density at radius 3 is 2.31 bits per heavy atom. The summed E-state index contributed by atoms with van der Waals surface area (Å²) < 4.78 is 20.7. The predicted octanol–water partition coefficient (Wildman–Crippen LogP) is 2.79. The van der Waals surface area contributed by atoms with E-state index in [9.17, 15) is 14.4 Å². The standard InChI is InChI=1S/C23H28N2O7/c1-4-5-12-31-17-8-6-16(7-9-17)23(28)24-14-22(27)32-15-21(26)25-19-11-10-18(29-2)13-20(19)30-3/h6-11,13H,4-5,12,14-15H2,1-3H3,(H,24,28)(H,25,26). The number of amides is 2. The molecule has 0 unspecified atom stereocenters. The van der Waals surface area contributed by atoms with Crippen molar-refractivity contribution in [2.75, 3.05) is 39.3 Å². The van der Waals surface area contributed by atoms with Crippen molar-refractivity contribution in [2.24, 2.45) is 0 Å². The van der Waals surface area contributed by atoms with Crippen molar-refractivity contribution in [1.82, 2.24) is 5.32 Å². The Hall–Kier alpha value is -3.75. The number of carbonyl (C=O) groups excluding carboxylic acids is 3. The summed E-state index contributed by atoms with van der Waals surface area (Å²) in [6.07, 6.45) is 1.99. The van der Waals surface area contributed by atoms with E-state index in [-0.39, 0.29) is 6.54 Å². The number of hydrogen-bond donors (Lipinski definition) is 2.